The van der Waals surface area contributed by atoms with Gasteiger partial charge in [0.15, 0.2) is 0 Å². The summed E-state index contributed by atoms with van der Waals surface area (Å²) in [6.07, 6.45) is -0.0319. The van der Waals surface area contributed by atoms with E-state index in [2.05, 4.69) is 29.4 Å². The minimum absolute atomic E-state index is 0.0483. The highest BCUT2D eigenvalue weighted by Crippen LogP contribution is 2.43. The average Bonchev–Trinajstić information content (AvgIpc) is 3.24. The molecule has 0 radical (unpaired) electrons. The summed E-state index contributed by atoms with van der Waals surface area (Å²) in [5.74, 6) is -0.116. The molecular formula is C29H32N4O3. The van der Waals surface area contributed by atoms with Gasteiger partial charge in [-0.2, -0.15) is 0 Å². The zero-order valence-electron chi connectivity index (χ0n) is 20.4. The van der Waals surface area contributed by atoms with E-state index in [-0.39, 0.29) is 23.6 Å². The van der Waals surface area contributed by atoms with Crippen LogP contribution in [0.3, 0.4) is 0 Å². The van der Waals surface area contributed by atoms with Crippen molar-refractivity contribution >= 4 is 17.1 Å². The molecule has 4 atom stereocenters. The summed E-state index contributed by atoms with van der Waals surface area (Å²) >= 11 is 0. The highest BCUT2D eigenvalue weighted by Gasteiger charge is 2.45. The van der Waals surface area contributed by atoms with Crippen LogP contribution in [0.15, 0.2) is 89.7 Å². The number of aromatic amines is 1. The van der Waals surface area contributed by atoms with E-state index in [1.807, 2.05) is 77.4 Å². The maximum atomic E-state index is 13.3. The van der Waals surface area contributed by atoms with Crippen LogP contribution in [-0.4, -0.2) is 38.4 Å². The van der Waals surface area contributed by atoms with Gasteiger partial charge in [-0.25, -0.2) is 9.59 Å². The van der Waals surface area contributed by atoms with Crippen LogP contribution in [0.5, 0.6) is 0 Å². The number of rotatable bonds is 7. The zero-order valence-corrected chi connectivity index (χ0v) is 20.4. The normalized spacial score (nSPS) is 20.9. The third-order valence-electron chi connectivity index (χ3n) is 7.50. The van der Waals surface area contributed by atoms with Crippen LogP contribution in [0, 0.1) is 5.92 Å². The van der Waals surface area contributed by atoms with Crippen molar-refractivity contribution in [2.75, 3.05) is 6.54 Å². The maximum absolute atomic E-state index is 13.3. The first-order valence-electron chi connectivity index (χ1n) is 12.6. The number of H-pyrrole nitrogens is 1. The van der Waals surface area contributed by atoms with Gasteiger partial charge < -0.3 is 10.1 Å². The summed E-state index contributed by atoms with van der Waals surface area (Å²) in [5.41, 5.74) is 3.73. The van der Waals surface area contributed by atoms with Crippen molar-refractivity contribution < 1.29 is 9.90 Å². The fourth-order valence-electron chi connectivity index (χ4n) is 5.92. The molecule has 1 saturated heterocycles. The summed E-state index contributed by atoms with van der Waals surface area (Å²) in [6.45, 7) is 3.02. The number of amides is 1. The Labute approximate surface area is 210 Å². The van der Waals surface area contributed by atoms with Gasteiger partial charge in [-0.05, 0) is 42.0 Å². The minimum Gasteiger partial charge on any atom is -0.465 e. The van der Waals surface area contributed by atoms with Crippen molar-refractivity contribution in [2.45, 2.75) is 44.4 Å². The van der Waals surface area contributed by atoms with Crippen LogP contribution in [0.25, 0.3) is 11.0 Å². The number of likely N-dealkylation sites (tertiary alicyclic amines) is 1. The van der Waals surface area contributed by atoms with Crippen molar-refractivity contribution in [3.63, 3.8) is 0 Å². The molecule has 186 valence electrons. The van der Waals surface area contributed by atoms with Crippen molar-refractivity contribution in [3.05, 3.63) is 107 Å². The first-order chi connectivity index (χ1) is 17.6. The summed E-state index contributed by atoms with van der Waals surface area (Å²) in [4.78, 5) is 30.3. The minimum atomic E-state index is -0.946. The molecule has 2 heterocycles. The lowest BCUT2D eigenvalue weighted by Gasteiger charge is -2.48. The monoisotopic (exact) mass is 484 g/mol. The van der Waals surface area contributed by atoms with E-state index >= 15 is 0 Å². The largest absolute Gasteiger partial charge is 0.465 e. The number of nitrogens with one attached hydrogen (secondary N) is 2. The number of aromatic nitrogens is 2. The van der Waals surface area contributed by atoms with Crippen LogP contribution in [0.4, 0.5) is 4.79 Å². The molecule has 1 aromatic heterocycles. The highest BCUT2D eigenvalue weighted by molar-refractivity contribution is 5.75. The molecule has 7 nitrogen and oxygen atoms in total. The van der Waals surface area contributed by atoms with Gasteiger partial charge >= 0.3 is 11.8 Å². The predicted molar refractivity (Wildman–Crippen MR) is 141 cm³/mol. The van der Waals surface area contributed by atoms with Gasteiger partial charge in [-0.15, -0.1) is 0 Å². The van der Waals surface area contributed by atoms with Gasteiger partial charge in [0.1, 0.15) is 0 Å². The topological polar surface area (TPSA) is 90.4 Å². The first-order valence-corrected chi connectivity index (χ1v) is 12.6. The molecule has 0 aliphatic carbocycles. The van der Waals surface area contributed by atoms with Gasteiger partial charge in [0.2, 0.25) is 0 Å². The molecule has 0 saturated carbocycles. The van der Waals surface area contributed by atoms with E-state index in [9.17, 15) is 14.7 Å². The van der Waals surface area contributed by atoms with Crippen molar-refractivity contribution in [2.24, 2.45) is 5.92 Å². The maximum Gasteiger partial charge on any atom is 0.408 e. The van der Waals surface area contributed by atoms with Crippen molar-refractivity contribution in [1.82, 2.24) is 19.8 Å². The Morgan fingerprint density at radius 1 is 1.03 bits per heavy atom. The second kappa shape index (κ2) is 10.4. The van der Waals surface area contributed by atoms with E-state index in [0.29, 0.717) is 19.5 Å². The molecule has 7 heteroatoms. The smallest absolute Gasteiger partial charge is 0.408 e. The third kappa shape index (κ3) is 4.54. The lowest BCUT2D eigenvalue weighted by Crippen LogP contribution is -2.60. The van der Waals surface area contributed by atoms with E-state index in [1.54, 1.807) is 0 Å². The van der Waals surface area contributed by atoms with Crippen LogP contribution >= 0.6 is 0 Å². The first kappa shape index (κ1) is 23.9. The molecule has 0 bridgehead atoms. The number of benzene rings is 3. The number of carboxylic acid groups (broad SMARTS) is 1. The second-order valence-electron chi connectivity index (χ2n) is 9.46. The lowest BCUT2D eigenvalue weighted by molar-refractivity contribution is 0.0215. The molecule has 4 unspecified atom stereocenters. The number of carbonyl (C=O) groups is 1. The summed E-state index contributed by atoms with van der Waals surface area (Å²) < 4.78 is 1.86. The molecule has 5 rings (SSSR count). The van der Waals surface area contributed by atoms with Crippen molar-refractivity contribution in [3.8, 4) is 0 Å². The highest BCUT2D eigenvalue weighted by atomic mass is 16.4. The second-order valence-corrected chi connectivity index (χ2v) is 9.46. The summed E-state index contributed by atoms with van der Waals surface area (Å²) in [6, 6.07) is 27.8. The molecule has 1 amide bonds. The molecule has 3 aromatic carbocycles. The number of imidazole rings is 1. The van der Waals surface area contributed by atoms with Crippen molar-refractivity contribution in [1.29, 1.82) is 0 Å². The van der Waals surface area contributed by atoms with Crippen LogP contribution < -0.4 is 11.0 Å². The third-order valence-corrected chi connectivity index (χ3v) is 7.50. The number of piperidine rings is 1. The molecule has 1 aliphatic heterocycles. The quantitative estimate of drug-likeness (QED) is 0.337. The van der Waals surface area contributed by atoms with E-state index in [4.69, 9.17) is 0 Å². The molecule has 36 heavy (non-hydrogen) atoms. The number of fused-ring (bicyclic) bond motifs is 1. The lowest BCUT2D eigenvalue weighted by atomic mass is 9.74. The number of para-hydroxylation sites is 2. The van der Waals surface area contributed by atoms with Gasteiger partial charge in [0, 0.05) is 25.0 Å². The summed E-state index contributed by atoms with van der Waals surface area (Å²) in [5, 5.41) is 13.8. The molecule has 1 aliphatic rings. The molecule has 4 aromatic rings. The van der Waals surface area contributed by atoms with Crippen LogP contribution in [-0.2, 0) is 6.54 Å². The van der Waals surface area contributed by atoms with Crippen LogP contribution in [0.2, 0.25) is 0 Å². The zero-order chi connectivity index (χ0) is 25.1. The predicted octanol–water partition coefficient (Wildman–Crippen LogP) is 5.18. The Bertz CT molecular complexity index is 1370. The Morgan fingerprint density at radius 2 is 1.69 bits per heavy atom. The standard InChI is InChI=1S/C29H32N4O3/c1-2-22(21-13-7-4-8-14-21)26-25(33-24-16-10-9-15-23(24)31-28(33)34)17-18-32(29(35)36)27(26)30-19-20-11-5-3-6-12-20/h3-16,22,25-27,30H,2,17-19H2,1H3,(H,31,34)(H,35,36). The fourth-order valence-corrected chi connectivity index (χ4v) is 5.92. The number of hydrogen-bond acceptors (Lipinski definition) is 3. The molecule has 0 spiro atoms. The molecule has 3 N–H and O–H groups in total. The SMILES string of the molecule is CCC(c1ccccc1)C1C(NCc2ccccc2)N(C(=O)O)CCC1n1c(=O)[nH]c2ccccc21. The summed E-state index contributed by atoms with van der Waals surface area (Å²) in [7, 11) is 0. The van der Waals surface area contributed by atoms with E-state index in [0.717, 1.165) is 28.6 Å². The molecule has 1 fully saturated rings. The Kier molecular flexibility index (Phi) is 6.91. The fraction of sp³-hybridized carbons (Fsp3) is 0.310. The Balaban J connectivity index is 1.63. The van der Waals surface area contributed by atoms with Gasteiger partial charge in [-0.1, -0.05) is 79.7 Å². The Morgan fingerprint density at radius 3 is 2.39 bits per heavy atom. The van der Waals surface area contributed by atoms with Gasteiger partial charge in [0.05, 0.1) is 17.2 Å². The van der Waals surface area contributed by atoms with Gasteiger partial charge in [0.25, 0.3) is 0 Å². The van der Waals surface area contributed by atoms with Crippen LogP contribution in [0.1, 0.15) is 42.9 Å². The molecular weight excluding hydrogens is 452 g/mol. The van der Waals surface area contributed by atoms with E-state index in [1.165, 1.54) is 4.90 Å². The van der Waals surface area contributed by atoms with E-state index < -0.39 is 12.3 Å². The number of nitrogens with zero attached hydrogens (tertiary/aromatic N) is 2. The van der Waals surface area contributed by atoms with Gasteiger partial charge in [-0.3, -0.25) is 14.8 Å². The Hall–Kier alpha value is -3.84. The average molecular weight is 485 g/mol. The number of hydrogen-bond donors (Lipinski definition) is 3.